The molecule has 3 aromatic carbocycles. The SMILES string of the molecule is CNC(=O)Cc1ccc([C@@H](Cc2ccccc2)NC[C@H](O)c2ccc(O)c(NS(C)(=O)=O)c2)cc1. The van der Waals surface area contributed by atoms with Crippen molar-refractivity contribution in [2.24, 2.45) is 0 Å². The number of hydrogen-bond donors (Lipinski definition) is 5. The summed E-state index contributed by atoms with van der Waals surface area (Å²) in [5.74, 6) is -0.281. The van der Waals surface area contributed by atoms with E-state index in [9.17, 15) is 23.4 Å². The van der Waals surface area contributed by atoms with Crippen molar-refractivity contribution in [1.29, 1.82) is 0 Å². The van der Waals surface area contributed by atoms with Crippen molar-refractivity contribution in [1.82, 2.24) is 10.6 Å². The van der Waals surface area contributed by atoms with Crippen LogP contribution in [0, 0.1) is 0 Å². The summed E-state index contributed by atoms with van der Waals surface area (Å²) in [6.07, 6.45) is 1.03. The Labute approximate surface area is 206 Å². The fourth-order valence-electron chi connectivity index (χ4n) is 3.71. The third-order valence-corrected chi connectivity index (χ3v) is 6.16. The van der Waals surface area contributed by atoms with Crippen LogP contribution in [0.3, 0.4) is 0 Å². The number of sulfonamides is 1. The number of phenolic OH excluding ortho intramolecular Hbond substituents is 1. The van der Waals surface area contributed by atoms with Crippen molar-refractivity contribution in [2.75, 3.05) is 24.6 Å². The average Bonchev–Trinajstić information content (AvgIpc) is 2.83. The molecule has 0 unspecified atom stereocenters. The van der Waals surface area contributed by atoms with Crippen LogP contribution in [0.2, 0.25) is 0 Å². The molecule has 3 aromatic rings. The molecule has 0 aliphatic heterocycles. The zero-order valence-corrected chi connectivity index (χ0v) is 20.5. The van der Waals surface area contributed by atoms with Gasteiger partial charge < -0.3 is 20.8 Å². The Bertz CT molecular complexity index is 1230. The van der Waals surface area contributed by atoms with Gasteiger partial charge in [0.2, 0.25) is 15.9 Å². The Hall–Kier alpha value is -3.40. The number of phenols is 1. The molecule has 0 saturated carbocycles. The van der Waals surface area contributed by atoms with E-state index in [0.29, 0.717) is 18.4 Å². The van der Waals surface area contributed by atoms with E-state index in [0.717, 1.165) is 22.9 Å². The number of carbonyl (C=O) groups excluding carboxylic acids is 1. The number of aliphatic hydroxyl groups excluding tert-OH is 1. The number of aromatic hydroxyl groups is 1. The summed E-state index contributed by atoms with van der Waals surface area (Å²) in [5, 5.41) is 26.8. The number of hydrogen-bond acceptors (Lipinski definition) is 6. The molecule has 35 heavy (non-hydrogen) atoms. The van der Waals surface area contributed by atoms with Crippen LogP contribution in [-0.2, 0) is 27.7 Å². The van der Waals surface area contributed by atoms with Crippen molar-refractivity contribution < 1.29 is 23.4 Å². The predicted molar refractivity (Wildman–Crippen MR) is 137 cm³/mol. The lowest BCUT2D eigenvalue weighted by Gasteiger charge is -2.22. The average molecular weight is 498 g/mol. The Morgan fingerprint density at radius 2 is 1.60 bits per heavy atom. The monoisotopic (exact) mass is 497 g/mol. The molecule has 5 N–H and O–H groups in total. The normalized spacial score (nSPS) is 13.1. The maximum atomic E-state index is 11.7. The molecule has 0 spiro atoms. The maximum absolute atomic E-state index is 11.7. The van der Waals surface area contributed by atoms with E-state index < -0.39 is 16.1 Å². The second-order valence-corrected chi connectivity index (χ2v) is 10.2. The fraction of sp³-hybridized carbons (Fsp3) is 0.269. The van der Waals surface area contributed by atoms with E-state index in [4.69, 9.17) is 0 Å². The molecular weight excluding hydrogens is 466 g/mol. The van der Waals surface area contributed by atoms with E-state index in [-0.39, 0.29) is 29.9 Å². The van der Waals surface area contributed by atoms with E-state index in [1.807, 2.05) is 54.6 Å². The summed E-state index contributed by atoms with van der Waals surface area (Å²) in [4.78, 5) is 11.7. The summed E-state index contributed by atoms with van der Waals surface area (Å²) in [6.45, 7) is 0.195. The van der Waals surface area contributed by atoms with Gasteiger partial charge in [0.15, 0.2) is 0 Å². The number of likely N-dealkylation sites (N-methyl/N-ethyl adjacent to an activating group) is 1. The van der Waals surface area contributed by atoms with Crippen LogP contribution in [-0.4, -0.2) is 44.4 Å². The number of amides is 1. The van der Waals surface area contributed by atoms with Crippen LogP contribution in [0.4, 0.5) is 5.69 Å². The molecular formula is C26H31N3O5S. The largest absolute Gasteiger partial charge is 0.506 e. The highest BCUT2D eigenvalue weighted by Gasteiger charge is 2.17. The van der Waals surface area contributed by atoms with Crippen molar-refractivity contribution in [3.05, 3.63) is 95.1 Å². The summed E-state index contributed by atoms with van der Waals surface area (Å²) >= 11 is 0. The number of anilines is 1. The molecule has 0 bridgehead atoms. The summed E-state index contributed by atoms with van der Waals surface area (Å²) in [7, 11) is -1.98. The second kappa shape index (κ2) is 11.8. The highest BCUT2D eigenvalue weighted by molar-refractivity contribution is 7.92. The maximum Gasteiger partial charge on any atom is 0.229 e. The summed E-state index contributed by atoms with van der Waals surface area (Å²) < 4.78 is 25.4. The Morgan fingerprint density at radius 3 is 2.23 bits per heavy atom. The van der Waals surface area contributed by atoms with E-state index in [1.54, 1.807) is 13.1 Å². The summed E-state index contributed by atoms with van der Waals surface area (Å²) in [5.41, 5.74) is 3.50. The molecule has 1 amide bonds. The minimum absolute atomic E-state index is 0.0107. The number of benzene rings is 3. The first-order valence-electron chi connectivity index (χ1n) is 11.2. The number of aliphatic hydroxyl groups is 1. The van der Waals surface area contributed by atoms with Gasteiger partial charge in [0, 0.05) is 19.6 Å². The third kappa shape index (κ3) is 8.10. The van der Waals surface area contributed by atoms with Crippen molar-refractivity contribution in [2.45, 2.75) is 25.0 Å². The van der Waals surface area contributed by atoms with Gasteiger partial charge in [-0.1, -0.05) is 60.7 Å². The second-order valence-electron chi connectivity index (χ2n) is 8.41. The van der Waals surface area contributed by atoms with Crippen molar-refractivity contribution in [3.63, 3.8) is 0 Å². The van der Waals surface area contributed by atoms with Gasteiger partial charge in [-0.25, -0.2) is 8.42 Å². The molecule has 8 nitrogen and oxygen atoms in total. The zero-order valence-electron chi connectivity index (χ0n) is 19.7. The molecule has 186 valence electrons. The van der Waals surface area contributed by atoms with Gasteiger partial charge in [-0.15, -0.1) is 0 Å². The molecule has 2 atom stereocenters. The van der Waals surface area contributed by atoms with Crippen LogP contribution in [0.15, 0.2) is 72.8 Å². The van der Waals surface area contributed by atoms with Crippen LogP contribution < -0.4 is 15.4 Å². The van der Waals surface area contributed by atoms with Crippen LogP contribution in [0.25, 0.3) is 0 Å². The van der Waals surface area contributed by atoms with E-state index >= 15 is 0 Å². The Kier molecular flexibility index (Phi) is 8.86. The minimum Gasteiger partial charge on any atom is -0.506 e. The smallest absolute Gasteiger partial charge is 0.229 e. The highest BCUT2D eigenvalue weighted by Crippen LogP contribution is 2.28. The molecule has 0 radical (unpaired) electrons. The van der Waals surface area contributed by atoms with Crippen LogP contribution >= 0.6 is 0 Å². The van der Waals surface area contributed by atoms with Gasteiger partial charge in [-0.2, -0.15) is 0 Å². The molecule has 0 aliphatic carbocycles. The van der Waals surface area contributed by atoms with Gasteiger partial charge in [0.25, 0.3) is 0 Å². The Morgan fingerprint density at radius 1 is 0.943 bits per heavy atom. The van der Waals surface area contributed by atoms with Gasteiger partial charge in [0.05, 0.1) is 24.5 Å². The lowest BCUT2D eigenvalue weighted by Crippen LogP contribution is -2.28. The highest BCUT2D eigenvalue weighted by atomic mass is 32.2. The molecule has 0 saturated heterocycles. The number of rotatable bonds is 11. The number of carbonyl (C=O) groups is 1. The number of nitrogens with one attached hydrogen (secondary N) is 3. The molecule has 0 heterocycles. The molecule has 0 aliphatic rings. The van der Waals surface area contributed by atoms with Crippen LogP contribution in [0.5, 0.6) is 5.75 Å². The van der Waals surface area contributed by atoms with Crippen molar-refractivity contribution >= 4 is 21.6 Å². The van der Waals surface area contributed by atoms with E-state index in [1.165, 1.54) is 12.1 Å². The quantitative estimate of drug-likeness (QED) is 0.259. The topological polar surface area (TPSA) is 128 Å². The summed E-state index contributed by atoms with van der Waals surface area (Å²) in [6, 6.07) is 22.0. The van der Waals surface area contributed by atoms with Gasteiger partial charge in [-0.05, 0) is 40.8 Å². The lowest BCUT2D eigenvalue weighted by atomic mass is 9.96. The van der Waals surface area contributed by atoms with Gasteiger partial charge >= 0.3 is 0 Å². The minimum atomic E-state index is -3.58. The standard InChI is InChI=1S/C26H31N3O5S/c1-27-26(32)15-19-8-10-20(11-9-19)22(14-18-6-4-3-5-7-18)28-17-25(31)21-12-13-24(30)23(16-21)29-35(2,33)34/h3-13,16,22,25,28-31H,14-15,17H2,1-2H3,(H,27,32)/t22-,25+/m1/s1. The Balaban J connectivity index is 1.76. The first-order chi connectivity index (χ1) is 16.6. The fourth-order valence-corrected chi connectivity index (χ4v) is 4.28. The van der Waals surface area contributed by atoms with Gasteiger partial charge in [0.1, 0.15) is 5.75 Å². The van der Waals surface area contributed by atoms with Crippen LogP contribution in [0.1, 0.15) is 34.4 Å². The molecule has 0 aromatic heterocycles. The zero-order chi connectivity index (χ0) is 25.4. The predicted octanol–water partition coefficient (Wildman–Crippen LogP) is 2.66. The lowest BCUT2D eigenvalue weighted by molar-refractivity contribution is -0.119. The van der Waals surface area contributed by atoms with Crippen molar-refractivity contribution in [3.8, 4) is 5.75 Å². The molecule has 9 heteroatoms. The molecule has 0 fully saturated rings. The third-order valence-electron chi connectivity index (χ3n) is 5.57. The van der Waals surface area contributed by atoms with E-state index in [2.05, 4.69) is 15.4 Å². The molecule has 3 rings (SSSR count). The first kappa shape index (κ1) is 26.2. The first-order valence-corrected chi connectivity index (χ1v) is 13.1. The van der Waals surface area contributed by atoms with Gasteiger partial charge in [-0.3, -0.25) is 9.52 Å².